The molecule has 0 saturated carbocycles. The van der Waals surface area contributed by atoms with Gasteiger partial charge in [-0.2, -0.15) is 0 Å². The third-order valence-corrected chi connectivity index (χ3v) is 5.18. The van der Waals surface area contributed by atoms with Gasteiger partial charge in [0, 0.05) is 10.9 Å². The SMILES string of the molecule is c1ccc(-c2ccpc(-c3ccccc3)c2-c2ccccc2)cc1. The zero-order chi connectivity index (χ0) is 16.2. The summed E-state index contributed by atoms with van der Waals surface area (Å²) in [6.45, 7) is 0. The molecule has 3 aromatic carbocycles. The molecular formula is C23H17P. The Morgan fingerprint density at radius 2 is 0.958 bits per heavy atom. The van der Waals surface area contributed by atoms with E-state index in [1.165, 1.54) is 41.3 Å². The van der Waals surface area contributed by atoms with Crippen molar-refractivity contribution in [3.8, 4) is 33.1 Å². The van der Waals surface area contributed by atoms with Gasteiger partial charge in [0.1, 0.15) is 0 Å². The van der Waals surface area contributed by atoms with Gasteiger partial charge in [0.15, 0.2) is 0 Å². The summed E-state index contributed by atoms with van der Waals surface area (Å²) < 4.78 is 0. The molecule has 4 aromatic rings. The summed E-state index contributed by atoms with van der Waals surface area (Å²) in [6.07, 6.45) is 0. The Bertz CT molecular complexity index is 872. The molecule has 4 rings (SSSR count). The van der Waals surface area contributed by atoms with E-state index in [-0.39, 0.29) is 0 Å². The van der Waals surface area contributed by atoms with E-state index in [4.69, 9.17) is 0 Å². The minimum atomic E-state index is 1.24. The van der Waals surface area contributed by atoms with Crippen LogP contribution in [0.5, 0.6) is 0 Å². The van der Waals surface area contributed by atoms with E-state index < -0.39 is 0 Å². The van der Waals surface area contributed by atoms with Crippen molar-refractivity contribution >= 4 is 8.19 Å². The van der Waals surface area contributed by atoms with Gasteiger partial charge in [-0.3, -0.25) is 0 Å². The summed E-state index contributed by atoms with van der Waals surface area (Å²) in [5.41, 5.74) is 6.44. The summed E-state index contributed by atoms with van der Waals surface area (Å²) in [7, 11) is 1.24. The maximum atomic E-state index is 2.26. The molecule has 0 bridgehead atoms. The molecule has 0 aliphatic carbocycles. The highest BCUT2D eigenvalue weighted by Crippen LogP contribution is 2.43. The van der Waals surface area contributed by atoms with Gasteiger partial charge in [0.2, 0.25) is 0 Å². The van der Waals surface area contributed by atoms with Crippen LogP contribution in [0.2, 0.25) is 0 Å². The van der Waals surface area contributed by atoms with Crippen molar-refractivity contribution in [3.05, 3.63) is 103 Å². The normalized spacial score (nSPS) is 10.8. The van der Waals surface area contributed by atoms with Gasteiger partial charge in [-0.25, -0.2) is 0 Å². The Hall–Kier alpha value is -2.69. The first kappa shape index (κ1) is 14.9. The Labute approximate surface area is 144 Å². The van der Waals surface area contributed by atoms with Gasteiger partial charge in [-0.15, -0.1) is 0 Å². The van der Waals surface area contributed by atoms with E-state index >= 15 is 0 Å². The fraction of sp³-hybridized carbons (Fsp3) is 0. The highest BCUT2D eigenvalue weighted by molar-refractivity contribution is 7.33. The van der Waals surface area contributed by atoms with E-state index in [9.17, 15) is 0 Å². The van der Waals surface area contributed by atoms with Crippen LogP contribution in [-0.2, 0) is 0 Å². The quantitative estimate of drug-likeness (QED) is 0.372. The molecule has 0 radical (unpaired) electrons. The molecule has 0 aliphatic rings. The van der Waals surface area contributed by atoms with Gasteiger partial charge in [0.05, 0.1) is 0 Å². The van der Waals surface area contributed by atoms with E-state index in [0.29, 0.717) is 0 Å². The third-order valence-electron chi connectivity index (χ3n) is 4.15. The molecular weight excluding hydrogens is 307 g/mol. The van der Waals surface area contributed by atoms with Crippen LogP contribution in [0.15, 0.2) is 103 Å². The molecule has 0 atom stereocenters. The Morgan fingerprint density at radius 1 is 0.458 bits per heavy atom. The van der Waals surface area contributed by atoms with Gasteiger partial charge >= 0.3 is 0 Å². The lowest BCUT2D eigenvalue weighted by atomic mass is 9.93. The summed E-state index contributed by atoms with van der Waals surface area (Å²) in [5.74, 6) is 2.25. The Morgan fingerprint density at radius 3 is 1.54 bits per heavy atom. The molecule has 1 heteroatoms. The summed E-state index contributed by atoms with van der Waals surface area (Å²) >= 11 is 0. The van der Waals surface area contributed by atoms with Crippen LogP contribution in [0, 0.1) is 0 Å². The van der Waals surface area contributed by atoms with Crippen molar-refractivity contribution < 1.29 is 0 Å². The minimum absolute atomic E-state index is 1.24. The first-order chi connectivity index (χ1) is 11.9. The molecule has 24 heavy (non-hydrogen) atoms. The first-order valence-corrected chi connectivity index (χ1v) is 9.05. The number of benzene rings is 3. The van der Waals surface area contributed by atoms with Crippen molar-refractivity contribution in [2.24, 2.45) is 0 Å². The average Bonchev–Trinajstić information content (AvgIpc) is 2.69. The fourth-order valence-corrected chi connectivity index (χ4v) is 4.08. The van der Waals surface area contributed by atoms with E-state index in [1.807, 2.05) is 0 Å². The standard InChI is InChI=1S/C23H17P/c1-4-10-18(11-5-1)21-16-17-24-23(20-14-8-3-9-15-20)22(21)19-12-6-2-7-13-19/h1-17H. The lowest BCUT2D eigenvalue weighted by Gasteiger charge is -2.15. The monoisotopic (exact) mass is 324 g/mol. The van der Waals surface area contributed by atoms with Gasteiger partial charge in [-0.1, -0.05) is 99.2 Å². The summed E-state index contributed by atoms with van der Waals surface area (Å²) in [4.78, 5) is 0. The van der Waals surface area contributed by atoms with Crippen LogP contribution >= 0.6 is 8.19 Å². The van der Waals surface area contributed by atoms with Gasteiger partial charge in [-0.05, 0) is 34.1 Å². The molecule has 1 aromatic heterocycles. The van der Waals surface area contributed by atoms with Gasteiger partial charge in [0.25, 0.3) is 0 Å². The lowest BCUT2D eigenvalue weighted by Crippen LogP contribution is -1.88. The van der Waals surface area contributed by atoms with Crippen LogP contribution in [0.1, 0.15) is 0 Å². The topological polar surface area (TPSA) is 0 Å². The van der Waals surface area contributed by atoms with Crippen LogP contribution in [-0.4, -0.2) is 0 Å². The van der Waals surface area contributed by atoms with Gasteiger partial charge < -0.3 is 0 Å². The van der Waals surface area contributed by atoms with E-state index in [0.717, 1.165) is 0 Å². The van der Waals surface area contributed by atoms with E-state index in [2.05, 4.69) is 103 Å². The molecule has 0 saturated heterocycles. The zero-order valence-electron chi connectivity index (χ0n) is 13.3. The number of rotatable bonds is 3. The average molecular weight is 324 g/mol. The second kappa shape index (κ2) is 6.83. The number of hydrogen-bond acceptors (Lipinski definition) is 0. The summed E-state index contributed by atoms with van der Waals surface area (Å²) in [6, 6.07) is 34.3. The molecule has 0 unspecified atom stereocenters. The van der Waals surface area contributed by atoms with Crippen molar-refractivity contribution in [1.29, 1.82) is 0 Å². The maximum Gasteiger partial charge on any atom is 0.0175 e. The second-order valence-electron chi connectivity index (χ2n) is 5.68. The molecule has 0 aliphatic heterocycles. The highest BCUT2D eigenvalue weighted by Gasteiger charge is 2.13. The summed E-state index contributed by atoms with van der Waals surface area (Å²) in [5, 5.41) is 1.36. The van der Waals surface area contributed by atoms with Crippen molar-refractivity contribution in [1.82, 2.24) is 0 Å². The van der Waals surface area contributed by atoms with Crippen molar-refractivity contribution in [2.45, 2.75) is 0 Å². The minimum Gasteiger partial charge on any atom is -0.0671 e. The predicted octanol–water partition coefficient (Wildman–Crippen LogP) is 7.27. The van der Waals surface area contributed by atoms with Crippen LogP contribution in [0.3, 0.4) is 0 Å². The van der Waals surface area contributed by atoms with Crippen LogP contribution < -0.4 is 0 Å². The molecule has 1 heterocycles. The lowest BCUT2D eigenvalue weighted by molar-refractivity contribution is 1.60. The molecule has 0 nitrogen and oxygen atoms in total. The molecule has 114 valence electrons. The third kappa shape index (κ3) is 2.89. The Balaban J connectivity index is 2.02. The van der Waals surface area contributed by atoms with Crippen molar-refractivity contribution in [3.63, 3.8) is 0 Å². The largest absolute Gasteiger partial charge is 0.0671 e. The Kier molecular flexibility index (Phi) is 4.23. The number of hydrogen-bond donors (Lipinski definition) is 0. The zero-order valence-corrected chi connectivity index (χ0v) is 14.2. The molecule has 0 N–H and O–H groups in total. The van der Waals surface area contributed by atoms with E-state index in [1.54, 1.807) is 0 Å². The smallest absolute Gasteiger partial charge is 0.0175 e. The maximum absolute atomic E-state index is 2.26. The van der Waals surface area contributed by atoms with Crippen LogP contribution in [0.4, 0.5) is 0 Å². The highest BCUT2D eigenvalue weighted by atomic mass is 31.0. The van der Waals surface area contributed by atoms with Crippen LogP contribution in [0.25, 0.3) is 33.1 Å². The molecule has 0 amide bonds. The molecule has 0 fully saturated rings. The molecule has 0 spiro atoms. The first-order valence-electron chi connectivity index (χ1n) is 8.09. The van der Waals surface area contributed by atoms with Crippen molar-refractivity contribution in [2.75, 3.05) is 0 Å². The second-order valence-corrected chi connectivity index (χ2v) is 6.68. The fourth-order valence-electron chi connectivity index (χ4n) is 3.03. The predicted molar refractivity (Wildman–Crippen MR) is 105 cm³/mol.